The van der Waals surface area contributed by atoms with Crippen LogP contribution in [0.2, 0.25) is 5.02 Å². The topological polar surface area (TPSA) is 65.4 Å². The molecule has 1 saturated carbocycles. The van der Waals surface area contributed by atoms with E-state index < -0.39 is 0 Å². The number of carbonyl (C=O) groups excluding carboxylic acids is 1. The van der Waals surface area contributed by atoms with Crippen LogP contribution in [0.4, 0.5) is 5.82 Å². The molecule has 25 heavy (non-hydrogen) atoms. The van der Waals surface area contributed by atoms with Crippen molar-refractivity contribution in [3.05, 3.63) is 34.5 Å². The fraction of sp³-hybridized carbons (Fsp3) is 0.444. The molecule has 2 heterocycles. The van der Waals surface area contributed by atoms with Crippen LogP contribution >= 0.6 is 11.6 Å². The highest BCUT2D eigenvalue weighted by Gasteiger charge is 2.23. The molecule has 1 fully saturated rings. The van der Waals surface area contributed by atoms with Gasteiger partial charge < -0.3 is 14.8 Å². The molecule has 1 amide bonds. The second-order valence-corrected chi connectivity index (χ2v) is 6.94. The van der Waals surface area contributed by atoms with Crippen LogP contribution in [0.25, 0.3) is 0 Å². The first-order valence-electron chi connectivity index (χ1n) is 8.52. The van der Waals surface area contributed by atoms with E-state index in [0.29, 0.717) is 35.7 Å². The Morgan fingerprint density at radius 2 is 2.12 bits per heavy atom. The molecule has 1 aromatic heterocycles. The van der Waals surface area contributed by atoms with Crippen LogP contribution < -0.4 is 14.8 Å². The summed E-state index contributed by atoms with van der Waals surface area (Å²) in [6.07, 6.45) is 3.83. The molecule has 0 saturated heterocycles. The lowest BCUT2D eigenvalue weighted by atomic mass is 9.83. The van der Waals surface area contributed by atoms with Crippen LogP contribution in [0.15, 0.2) is 18.2 Å². The smallest absolute Gasteiger partial charge is 0.229 e. The van der Waals surface area contributed by atoms with Gasteiger partial charge in [-0.05, 0) is 30.5 Å². The minimum atomic E-state index is -0.115. The number of rotatable bonds is 4. The Hall–Kier alpha value is -2.21. The van der Waals surface area contributed by atoms with Crippen LogP contribution in [0.3, 0.4) is 0 Å². The lowest BCUT2D eigenvalue weighted by Crippen LogP contribution is -2.18. The summed E-state index contributed by atoms with van der Waals surface area (Å²) in [4.78, 5) is 12.4. The number of ether oxygens (including phenoxy) is 2. The number of benzene rings is 1. The lowest BCUT2D eigenvalue weighted by Gasteiger charge is -2.22. The molecule has 132 valence electrons. The second-order valence-electron chi connectivity index (χ2n) is 6.53. The van der Waals surface area contributed by atoms with Crippen molar-refractivity contribution < 1.29 is 14.3 Å². The summed E-state index contributed by atoms with van der Waals surface area (Å²) in [6.45, 7) is 0.967. The van der Waals surface area contributed by atoms with E-state index in [2.05, 4.69) is 10.4 Å². The molecule has 1 aliphatic heterocycles. The van der Waals surface area contributed by atoms with E-state index >= 15 is 0 Å². The van der Waals surface area contributed by atoms with Gasteiger partial charge in [-0.3, -0.25) is 9.48 Å². The molecule has 2 aliphatic rings. The van der Waals surface area contributed by atoms with Gasteiger partial charge in [0, 0.05) is 19.0 Å². The minimum Gasteiger partial charge on any atom is -0.486 e. The number of fused-ring (bicyclic) bond motifs is 1. The summed E-state index contributed by atoms with van der Waals surface area (Å²) in [5.41, 5.74) is 1.85. The molecule has 0 unspecified atom stereocenters. The number of hydrogen-bond acceptors (Lipinski definition) is 4. The van der Waals surface area contributed by atoms with Gasteiger partial charge in [0.15, 0.2) is 11.5 Å². The summed E-state index contributed by atoms with van der Waals surface area (Å²) in [5, 5.41) is 7.90. The highest BCUT2D eigenvalue weighted by molar-refractivity contribution is 6.32. The van der Waals surface area contributed by atoms with Crippen molar-refractivity contribution in [3.8, 4) is 11.5 Å². The van der Waals surface area contributed by atoms with Crippen molar-refractivity contribution in [2.24, 2.45) is 7.05 Å². The number of aryl methyl sites for hydroxylation is 1. The van der Waals surface area contributed by atoms with E-state index in [1.165, 1.54) is 19.3 Å². The monoisotopic (exact) mass is 361 g/mol. The highest BCUT2D eigenvalue weighted by Crippen LogP contribution is 2.39. The van der Waals surface area contributed by atoms with Crippen molar-refractivity contribution in [1.82, 2.24) is 9.78 Å². The van der Waals surface area contributed by atoms with E-state index in [4.69, 9.17) is 21.1 Å². The summed E-state index contributed by atoms with van der Waals surface area (Å²) in [7, 11) is 1.85. The second kappa shape index (κ2) is 6.59. The molecule has 4 rings (SSSR count). The number of nitrogens with zero attached hydrogens (tertiary/aromatic N) is 2. The Morgan fingerprint density at radius 3 is 2.88 bits per heavy atom. The first-order valence-corrected chi connectivity index (χ1v) is 8.90. The zero-order chi connectivity index (χ0) is 17.4. The van der Waals surface area contributed by atoms with Gasteiger partial charge >= 0.3 is 0 Å². The Morgan fingerprint density at radius 1 is 1.32 bits per heavy atom. The molecule has 6 nitrogen and oxygen atoms in total. The third-order valence-electron chi connectivity index (χ3n) is 4.71. The zero-order valence-corrected chi connectivity index (χ0v) is 14.8. The predicted octanol–water partition coefficient (Wildman–Crippen LogP) is 3.29. The Balaban J connectivity index is 1.45. The van der Waals surface area contributed by atoms with Gasteiger partial charge in [-0.2, -0.15) is 5.10 Å². The number of nitrogens with one attached hydrogen (secondary N) is 1. The van der Waals surface area contributed by atoms with Gasteiger partial charge in [0.25, 0.3) is 0 Å². The minimum absolute atomic E-state index is 0.115. The van der Waals surface area contributed by atoms with Gasteiger partial charge in [0.05, 0.1) is 17.1 Å². The van der Waals surface area contributed by atoms with Gasteiger partial charge in [0.2, 0.25) is 5.91 Å². The summed E-state index contributed by atoms with van der Waals surface area (Å²) in [5.74, 6) is 2.28. The van der Waals surface area contributed by atoms with Crippen LogP contribution in [0.5, 0.6) is 11.5 Å². The zero-order valence-electron chi connectivity index (χ0n) is 14.0. The maximum absolute atomic E-state index is 12.4. The van der Waals surface area contributed by atoms with Crippen molar-refractivity contribution in [2.45, 2.75) is 31.6 Å². The third kappa shape index (κ3) is 3.31. The molecule has 1 aromatic carbocycles. The average Bonchev–Trinajstić information content (AvgIpc) is 2.85. The van der Waals surface area contributed by atoms with Crippen molar-refractivity contribution in [3.63, 3.8) is 0 Å². The van der Waals surface area contributed by atoms with Gasteiger partial charge in [-0.1, -0.05) is 18.0 Å². The van der Waals surface area contributed by atoms with E-state index in [9.17, 15) is 4.79 Å². The summed E-state index contributed by atoms with van der Waals surface area (Å²) in [6, 6.07) is 5.53. The predicted molar refractivity (Wildman–Crippen MR) is 94.6 cm³/mol. The molecule has 0 radical (unpaired) electrons. The molecule has 7 heteroatoms. The van der Waals surface area contributed by atoms with E-state index in [1.54, 1.807) is 10.7 Å². The number of aromatic nitrogens is 2. The maximum Gasteiger partial charge on any atom is 0.229 e. The standard InChI is InChI=1S/C18H20ClN3O3/c1-22-16(10-14(21-22)12-3-2-4-12)20-17(23)9-11-7-13(19)18-15(8-11)24-5-6-25-18/h7-8,10,12H,2-6,9H2,1H3,(H,20,23). The quantitative estimate of drug-likeness (QED) is 0.907. The summed E-state index contributed by atoms with van der Waals surface area (Å²) >= 11 is 6.23. The van der Waals surface area contributed by atoms with Crippen molar-refractivity contribution in [2.75, 3.05) is 18.5 Å². The van der Waals surface area contributed by atoms with E-state index in [1.807, 2.05) is 19.2 Å². The fourth-order valence-corrected chi connectivity index (χ4v) is 3.44. The molecular weight excluding hydrogens is 342 g/mol. The first-order chi connectivity index (χ1) is 12.1. The number of anilines is 1. The first kappa shape index (κ1) is 16.3. The molecule has 0 bridgehead atoms. The Kier molecular flexibility index (Phi) is 4.29. The molecule has 1 N–H and O–H groups in total. The van der Waals surface area contributed by atoms with Crippen molar-refractivity contribution in [1.29, 1.82) is 0 Å². The lowest BCUT2D eigenvalue weighted by molar-refractivity contribution is -0.115. The molecule has 1 aliphatic carbocycles. The van der Waals surface area contributed by atoms with Gasteiger partial charge in [-0.25, -0.2) is 0 Å². The SMILES string of the molecule is Cn1nc(C2CCC2)cc1NC(=O)Cc1cc(Cl)c2c(c1)OCCO2. The molecule has 0 atom stereocenters. The fourth-order valence-electron chi connectivity index (χ4n) is 3.15. The Bertz CT molecular complexity index is 814. The molecular formula is C18H20ClN3O3. The average molecular weight is 362 g/mol. The van der Waals surface area contributed by atoms with Crippen LogP contribution in [-0.2, 0) is 18.3 Å². The van der Waals surface area contributed by atoms with E-state index in [0.717, 1.165) is 17.1 Å². The van der Waals surface area contributed by atoms with Gasteiger partial charge in [-0.15, -0.1) is 0 Å². The normalized spacial score (nSPS) is 16.4. The largest absolute Gasteiger partial charge is 0.486 e. The highest BCUT2D eigenvalue weighted by atomic mass is 35.5. The van der Waals surface area contributed by atoms with Crippen LogP contribution in [-0.4, -0.2) is 28.9 Å². The van der Waals surface area contributed by atoms with E-state index in [-0.39, 0.29) is 12.3 Å². The number of halogens is 1. The number of carbonyl (C=O) groups is 1. The molecule has 2 aromatic rings. The Labute approximate surface area is 151 Å². The third-order valence-corrected chi connectivity index (χ3v) is 4.99. The van der Waals surface area contributed by atoms with Gasteiger partial charge in [0.1, 0.15) is 19.0 Å². The van der Waals surface area contributed by atoms with Crippen molar-refractivity contribution >= 4 is 23.3 Å². The summed E-state index contributed by atoms with van der Waals surface area (Å²) < 4.78 is 12.8. The van der Waals surface area contributed by atoms with Crippen LogP contribution in [0, 0.1) is 0 Å². The number of amides is 1. The maximum atomic E-state index is 12.4. The van der Waals surface area contributed by atoms with Crippen LogP contribution in [0.1, 0.15) is 36.4 Å². The molecule has 0 spiro atoms. The number of hydrogen-bond donors (Lipinski definition) is 1.